The van der Waals surface area contributed by atoms with Gasteiger partial charge in [-0.05, 0) is 35.4 Å². The van der Waals surface area contributed by atoms with E-state index < -0.39 is 12.0 Å². The number of amides is 1. The van der Waals surface area contributed by atoms with Gasteiger partial charge in [0.15, 0.2) is 0 Å². The minimum Gasteiger partial charge on any atom is -0.497 e. The molecule has 2 aromatic heterocycles. The molecule has 1 aliphatic heterocycles. The van der Waals surface area contributed by atoms with Crippen LogP contribution in [-0.2, 0) is 10.5 Å². The quantitative estimate of drug-likeness (QED) is 0.365. The maximum atomic E-state index is 13.5. The minimum atomic E-state index is -0.650. The predicted octanol–water partition coefficient (Wildman–Crippen LogP) is 4.76. The number of rotatable bonds is 7. The zero-order chi connectivity index (χ0) is 24.2. The highest BCUT2D eigenvalue weighted by molar-refractivity contribution is 7.98. The van der Waals surface area contributed by atoms with Crippen LogP contribution in [0, 0.1) is 5.92 Å². The Labute approximate surface area is 207 Å². The van der Waals surface area contributed by atoms with E-state index in [4.69, 9.17) is 9.84 Å². The number of nitrogens with one attached hydrogen (secondary N) is 2. The van der Waals surface area contributed by atoms with Crippen molar-refractivity contribution < 1.29 is 9.53 Å². The molecule has 0 fully saturated rings. The number of methoxy groups -OCH3 is 1. The molecule has 0 saturated heterocycles. The molecule has 2 aromatic carbocycles. The number of benzene rings is 2. The van der Waals surface area contributed by atoms with Crippen molar-refractivity contribution >= 4 is 29.3 Å². The predicted molar refractivity (Wildman–Crippen MR) is 136 cm³/mol. The summed E-state index contributed by atoms with van der Waals surface area (Å²) >= 11 is 1.54. The monoisotopic (exact) mass is 484 g/mol. The molecule has 2 unspecified atom stereocenters. The second kappa shape index (κ2) is 10.0. The molecule has 5 rings (SSSR count). The third kappa shape index (κ3) is 4.90. The van der Waals surface area contributed by atoms with Gasteiger partial charge in [-0.1, -0.05) is 60.8 Å². The molecule has 1 amide bonds. The number of carbonyl (C=O) groups excluding carboxylic acids is 1. The number of ether oxygens (including phenoxy) is 1. The van der Waals surface area contributed by atoms with Crippen LogP contribution in [0.15, 0.2) is 96.6 Å². The SMILES string of the molecule is C=C1Nc2nc(SCc3ccccc3)nn2C(c2cccc(OC)c2)C1C(=O)Nc1cccnc1. The van der Waals surface area contributed by atoms with Crippen LogP contribution in [0.1, 0.15) is 17.2 Å². The average molecular weight is 485 g/mol. The summed E-state index contributed by atoms with van der Waals surface area (Å²) in [4.78, 5) is 22.3. The Morgan fingerprint density at radius 3 is 2.80 bits per heavy atom. The third-order valence-corrected chi connectivity index (χ3v) is 6.61. The normalized spacial score (nSPS) is 16.8. The molecule has 2 N–H and O–H groups in total. The second-order valence-electron chi connectivity index (χ2n) is 8.02. The highest BCUT2D eigenvalue weighted by Gasteiger charge is 2.40. The summed E-state index contributed by atoms with van der Waals surface area (Å²) in [5.41, 5.74) is 3.20. The van der Waals surface area contributed by atoms with Gasteiger partial charge in [0.05, 0.1) is 25.0 Å². The Morgan fingerprint density at radius 1 is 1.17 bits per heavy atom. The van der Waals surface area contributed by atoms with Crippen LogP contribution in [0.2, 0.25) is 0 Å². The first-order valence-corrected chi connectivity index (χ1v) is 12.0. The van der Waals surface area contributed by atoms with Gasteiger partial charge in [0.1, 0.15) is 11.7 Å². The van der Waals surface area contributed by atoms with Crippen molar-refractivity contribution in [3.63, 3.8) is 0 Å². The second-order valence-corrected chi connectivity index (χ2v) is 8.96. The Morgan fingerprint density at radius 2 is 2.03 bits per heavy atom. The molecule has 0 aliphatic carbocycles. The third-order valence-electron chi connectivity index (χ3n) is 5.70. The first-order chi connectivity index (χ1) is 17.1. The van der Waals surface area contributed by atoms with Gasteiger partial charge < -0.3 is 15.4 Å². The van der Waals surface area contributed by atoms with Gasteiger partial charge in [-0.25, -0.2) is 4.68 Å². The number of fused-ring (bicyclic) bond motifs is 1. The van der Waals surface area contributed by atoms with Crippen LogP contribution in [0.3, 0.4) is 0 Å². The minimum absolute atomic E-state index is 0.219. The Balaban J connectivity index is 1.50. The highest BCUT2D eigenvalue weighted by atomic mass is 32.2. The largest absolute Gasteiger partial charge is 0.497 e. The van der Waals surface area contributed by atoms with E-state index in [2.05, 4.69) is 39.3 Å². The number of carbonyl (C=O) groups is 1. The molecule has 2 atom stereocenters. The van der Waals surface area contributed by atoms with Gasteiger partial charge in [0.25, 0.3) is 0 Å². The van der Waals surface area contributed by atoms with Crippen molar-refractivity contribution in [2.45, 2.75) is 17.0 Å². The lowest BCUT2D eigenvalue weighted by atomic mass is 9.88. The lowest BCUT2D eigenvalue weighted by Gasteiger charge is -2.33. The topological polar surface area (TPSA) is 94.0 Å². The van der Waals surface area contributed by atoms with Crippen molar-refractivity contribution in [1.82, 2.24) is 19.7 Å². The van der Waals surface area contributed by atoms with Crippen LogP contribution in [0.25, 0.3) is 0 Å². The van der Waals surface area contributed by atoms with Crippen molar-refractivity contribution in [3.8, 4) is 5.75 Å². The zero-order valence-corrected chi connectivity index (χ0v) is 19.9. The van der Waals surface area contributed by atoms with E-state index in [0.29, 0.717) is 28.2 Å². The van der Waals surface area contributed by atoms with Crippen LogP contribution in [0.5, 0.6) is 5.75 Å². The van der Waals surface area contributed by atoms with Gasteiger partial charge in [-0.2, -0.15) is 4.98 Å². The lowest BCUT2D eigenvalue weighted by molar-refractivity contribution is -0.119. The Bertz CT molecular complexity index is 1340. The summed E-state index contributed by atoms with van der Waals surface area (Å²) in [7, 11) is 1.62. The van der Waals surface area contributed by atoms with Gasteiger partial charge in [0, 0.05) is 17.6 Å². The molecule has 0 radical (unpaired) electrons. The fraction of sp³-hybridized carbons (Fsp3) is 0.154. The molecule has 1 aliphatic rings. The van der Waals surface area contributed by atoms with Crippen LogP contribution in [-0.4, -0.2) is 32.8 Å². The number of pyridine rings is 1. The summed E-state index contributed by atoms with van der Waals surface area (Å²) in [6.45, 7) is 4.17. The number of aromatic nitrogens is 4. The van der Waals surface area contributed by atoms with Gasteiger partial charge in [-0.15, -0.1) is 5.10 Å². The summed E-state index contributed by atoms with van der Waals surface area (Å²) in [5, 5.41) is 11.6. The summed E-state index contributed by atoms with van der Waals surface area (Å²) in [6, 6.07) is 20.9. The molecule has 0 spiro atoms. The fourth-order valence-corrected chi connectivity index (χ4v) is 4.82. The Kier molecular flexibility index (Phi) is 6.49. The van der Waals surface area contributed by atoms with Gasteiger partial charge in [-0.3, -0.25) is 9.78 Å². The van der Waals surface area contributed by atoms with Crippen LogP contribution in [0.4, 0.5) is 11.6 Å². The summed E-state index contributed by atoms with van der Waals surface area (Å²) in [5.74, 6) is 1.11. The average Bonchev–Trinajstić information content (AvgIpc) is 3.30. The molecular formula is C26H24N6O2S. The van der Waals surface area contributed by atoms with E-state index in [9.17, 15) is 4.79 Å². The molecule has 9 heteroatoms. The number of hydrogen-bond acceptors (Lipinski definition) is 7. The van der Waals surface area contributed by atoms with Crippen molar-refractivity contribution in [3.05, 3.63) is 103 Å². The van der Waals surface area contributed by atoms with Crippen molar-refractivity contribution in [1.29, 1.82) is 0 Å². The molecule has 0 bridgehead atoms. The number of hydrogen-bond donors (Lipinski definition) is 2. The van der Waals surface area contributed by atoms with E-state index in [0.717, 1.165) is 11.3 Å². The molecule has 0 saturated carbocycles. The molecule has 8 nitrogen and oxygen atoms in total. The van der Waals surface area contributed by atoms with E-state index in [1.54, 1.807) is 36.3 Å². The van der Waals surface area contributed by atoms with Crippen molar-refractivity contribution in [2.24, 2.45) is 5.92 Å². The zero-order valence-electron chi connectivity index (χ0n) is 19.1. The first-order valence-electron chi connectivity index (χ1n) is 11.1. The number of nitrogens with zero attached hydrogens (tertiary/aromatic N) is 4. The highest BCUT2D eigenvalue weighted by Crippen LogP contribution is 2.40. The maximum Gasteiger partial charge on any atom is 0.236 e. The van der Waals surface area contributed by atoms with Gasteiger partial charge >= 0.3 is 0 Å². The molecule has 4 aromatic rings. The molecule has 35 heavy (non-hydrogen) atoms. The van der Waals surface area contributed by atoms with Gasteiger partial charge in [0.2, 0.25) is 17.0 Å². The Hall–Kier alpha value is -4.11. The van der Waals surface area contributed by atoms with Crippen LogP contribution < -0.4 is 15.4 Å². The van der Waals surface area contributed by atoms with E-state index in [-0.39, 0.29) is 5.91 Å². The van der Waals surface area contributed by atoms with E-state index in [1.165, 1.54) is 17.3 Å². The van der Waals surface area contributed by atoms with E-state index in [1.807, 2.05) is 42.5 Å². The summed E-state index contributed by atoms with van der Waals surface area (Å²) in [6.07, 6.45) is 3.27. The lowest BCUT2D eigenvalue weighted by Crippen LogP contribution is -2.39. The molecule has 176 valence electrons. The fourth-order valence-electron chi connectivity index (χ4n) is 4.04. The number of thioether (sulfide) groups is 1. The summed E-state index contributed by atoms with van der Waals surface area (Å²) < 4.78 is 7.22. The van der Waals surface area contributed by atoms with E-state index >= 15 is 0 Å². The standard InChI is InChI=1S/C26H24N6O2S/c1-17-22(24(33)29-20-11-7-13-27-15-20)23(19-10-6-12-21(14-19)34-2)32-25(28-17)30-26(31-32)35-16-18-8-4-3-5-9-18/h3-15,22-23H,1,16H2,2H3,(H,29,33)(H,28,30,31). The smallest absolute Gasteiger partial charge is 0.236 e. The number of anilines is 2. The van der Waals surface area contributed by atoms with Crippen LogP contribution >= 0.6 is 11.8 Å². The maximum absolute atomic E-state index is 13.5. The first kappa shape index (κ1) is 22.7. The molecular weight excluding hydrogens is 460 g/mol. The molecule has 3 heterocycles. The van der Waals surface area contributed by atoms with Crippen molar-refractivity contribution in [2.75, 3.05) is 17.7 Å².